The molecule has 0 atom stereocenters. The monoisotopic (exact) mass is 285 g/mol. The third-order valence-electron chi connectivity index (χ3n) is 1.43. The molecule has 1 aromatic heterocycles. The molecule has 0 bridgehead atoms. The van der Waals surface area contributed by atoms with E-state index in [0.717, 1.165) is 6.07 Å². The number of carboxylic acids is 1. The smallest absolute Gasteiger partial charge is 0.336 e. The summed E-state index contributed by atoms with van der Waals surface area (Å²) in [6, 6.07) is 0.982. The van der Waals surface area contributed by atoms with Gasteiger partial charge in [0, 0.05) is 0 Å². The van der Waals surface area contributed by atoms with Crippen molar-refractivity contribution in [1.82, 2.24) is 4.98 Å². The van der Waals surface area contributed by atoms with Crippen LogP contribution in [0.15, 0.2) is 10.7 Å². The van der Waals surface area contributed by atoms with Crippen molar-refractivity contribution >= 4 is 33.5 Å². The molecular weight excluding hydrogens is 283 g/mol. The third-order valence-corrected chi connectivity index (χ3v) is 2.12. The van der Waals surface area contributed by atoms with Crippen molar-refractivity contribution in [3.05, 3.63) is 26.9 Å². The van der Waals surface area contributed by atoms with Crippen molar-refractivity contribution in [3.63, 3.8) is 0 Å². The topological polar surface area (TPSA) is 50.2 Å². The maximum Gasteiger partial charge on any atom is 0.336 e. The predicted molar refractivity (Wildman–Crippen MR) is 48.9 cm³/mol. The van der Waals surface area contributed by atoms with Crippen molar-refractivity contribution < 1.29 is 18.7 Å². The van der Waals surface area contributed by atoms with Gasteiger partial charge in [0.1, 0.15) is 9.76 Å². The van der Waals surface area contributed by atoms with Crippen LogP contribution in [0.4, 0.5) is 8.78 Å². The molecule has 0 aromatic carbocycles. The largest absolute Gasteiger partial charge is 0.478 e. The third kappa shape index (κ3) is 2.19. The maximum absolute atomic E-state index is 12.4. The van der Waals surface area contributed by atoms with E-state index >= 15 is 0 Å². The zero-order chi connectivity index (χ0) is 10.9. The van der Waals surface area contributed by atoms with Gasteiger partial charge >= 0.3 is 5.97 Å². The molecule has 0 saturated heterocycles. The lowest BCUT2D eigenvalue weighted by Gasteiger charge is -2.06. The number of halogens is 4. The predicted octanol–water partition coefficient (Wildman–Crippen LogP) is 3.13. The zero-order valence-corrected chi connectivity index (χ0v) is 8.81. The fraction of sp³-hybridized carbons (Fsp3) is 0.143. The van der Waals surface area contributed by atoms with Gasteiger partial charge in [-0.1, -0.05) is 11.6 Å². The molecule has 1 N–H and O–H groups in total. The Hall–Kier alpha value is -0.750. The fourth-order valence-corrected chi connectivity index (χ4v) is 1.66. The summed E-state index contributed by atoms with van der Waals surface area (Å²) in [6.45, 7) is 0. The number of carboxylic acid groups (broad SMARTS) is 1. The Labute approximate surface area is 90.8 Å². The number of aromatic carboxylic acids is 1. The molecule has 0 amide bonds. The summed E-state index contributed by atoms with van der Waals surface area (Å²) in [6.07, 6.45) is -2.96. The van der Waals surface area contributed by atoms with Gasteiger partial charge in [0.05, 0.1) is 11.1 Å². The van der Waals surface area contributed by atoms with Gasteiger partial charge in [-0.15, -0.1) is 0 Å². The first-order valence-corrected chi connectivity index (χ1v) is 4.48. The van der Waals surface area contributed by atoms with Gasteiger partial charge in [0.15, 0.2) is 0 Å². The molecule has 0 aliphatic rings. The molecule has 1 heterocycles. The van der Waals surface area contributed by atoms with Crippen LogP contribution >= 0.6 is 27.5 Å². The second kappa shape index (κ2) is 4.18. The summed E-state index contributed by atoms with van der Waals surface area (Å²) in [5.74, 6) is -1.47. The lowest BCUT2D eigenvalue weighted by molar-refractivity contribution is 0.0684. The number of nitrogens with zero attached hydrogens (tertiary/aromatic N) is 1. The lowest BCUT2D eigenvalue weighted by Crippen LogP contribution is -2.05. The molecule has 1 aromatic rings. The maximum atomic E-state index is 12.4. The second-order valence-corrected chi connectivity index (χ2v) is 3.47. The van der Waals surface area contributed by atoms with Gasteiger partial charge in [-0.05, 0) is 22.0 Å². The molecule has 14 heavy (non-hydrogen) atoms. The Morgan fingerprint density at radius 1 is 1.64 bits per heavy atom. The first kappa shape index (κ1) is 11.3. The van der Waals surface area contributed by atoms with E-state index in [4.69, 9.17) is 16.7 Å². The van der Waals surface area contributed by atoms with Gasteiger partial charge in [0.25, 0.3) is 6.43 Å². The number of rotatable bonds is 2. The molecule has 0 aliphatic heterocycles. The summed E-state index contributed by atoms with van der Waals surface area (Å²) >= 11 is 8.25. The number of alkyl halides is 2. The van der Waals surface area contributed by atoms with Gasteiger partial charge in [-0.2, -0.15) is 0 Å². The van der Waals surface area contributed by atoms with E-state index in [1.54, 1.807) is 0 Å². The number of hydrogen-bond donors (Lipinski definition) is 1. The summed E-state index contributed by atoms with van der Waals surface area (Å²) < 4.78 is 24.9. The van der Waals surface area contributed by atoms with Crippen LogP contribution in [-0.4, -0.2) is 16.1 Å². The van der Waals surface area contributed by atoms with Crippen LogP contribution in [0.2, 0.25) is 5.15 Å². The Balaban J connectivity index is 3.44. The standard InChI is InChI=1S/C7H3BrClF2NO2/c8-3-1-2(7(13)14)4(6(10)11)5(9)12-3/h1,6H,(H,13,14). The van der Waals surface area contributed by atoms with E-state index in [1.165, 1.54) is 0 Å². The molecule has 0 fully saturated rings. The zero-order valence-electron chi connectivity index (χ0n) is 6.47. The highest BCUT2D eigenvalue weighted by Gasteiger charge is 2.23. The summed E-state index contributed by atoms with van der Waals surface area (Å²) in [5, 5.41) is 8.12. The Morgan fingerprint density at radius 2 is 2.21 bits per heavy atom. The molecule has 0 unspecified atom stereocenters. The minimum absolute atomic E-state index is 0.101. The van der Waals surface area contributed by atoms with Gasteiger partial charge in [-0.3, -0.25) is 0 Å². The number of pyridine rings is 1. The average Bonchev–Trinajstić information content (AvgIpc) is 2.01. The quantitative estimate of drug-likeness (QED) is 0.850. The van der Waals surface area contributed by atoms with E-state index in [-0.39, 0.29) is 4.60 Å². The number of aromatic nitrogens is 1. The highest BCUT2D eigenvalue weighted by molar-refractivity contribution is 9.10. The van der Waals surface area contributed by atoms with Crippen molar-refractivity contribution in [2.75, 3.05) is 0 Å². The highest BCUT2D eigenvalue weighted by atomic mass is 79.9. The van der Waals surface area contributed by atoms with Crippen LogP contribution in [0.25, 0.3) is 0 Å². The Kier molecular flexibility index (Phi) is 3.38. The molecule has 1 rings (SSSR count). The molecule has 3 nitrogen and oxygen atoms in total. The van der Waals surface area contributed by atoms with E-state index in [0.29, 0.717) is 0 Å². The van der Waals surface area contributed by atoms with Crippen molar-refractivity contribution in [2.45, 2.75) is 6.43 Å². The summed E-state index contributed by atoms with van der Waals surface area (Å²) in [5.41, 5.74) is -1.31. The lowest BCUT2D eigenvalue weighted by atomic mass is 10.1. The molecule has 76 valence electrons. The van der Waals surface area contributed by atoms with Crippen molar-refractivity contribution in [1.29, 1.82) is 0 Å². The van der Waals surface area contributed by atoms with Gasteiger partial charge in [-0.25, -0.2) is 18.6 Å². The molecule has 0 radical (unpaired) electrons. The second-order valence-electron chi connectivity index (χ2n) is 2.30. The normalized spacial score (nSPS) is 10.6. The van der Waals surface area contributed by atoms with Crippen molar-refractivity contribution in [2.24, 2.45) is 0 Å². The summed E-state index contributed by atoms with van der Waals surface area (Å²) in [4.78, 5) is 14.1. The van der Waals surface area contributed by atoms with Crippen LogP contribution in [0.5, 0.6) is 0 Å². The van der Waals surface area contributed by atoms with E-state index in [2.05, 4.69) is 20.9 Å². The molecule has 0 saturated carbocycles. The van der Waals surface area contributed by atoms with Gasteiger partial charge in [0.2, 0.25) is 0 Å². The van der Waals surface area contributed by atoms with Crippen LogP contribution in [0, 0.1) is 0 Å². The first-order chi connectivity index (χ1) is 6.43. The molecule has 7 heteroatoms. The first-order valence-electron chi connectivity index (χ1n) is 3.31. The van der Waals surface area contributed by atoms with Crippen LogP contribution in [0.1, 0.15) is 22.3 Å². The van der Waals surface area contributed by atoms with Crippen LogP contribution < -0.4 is 0 Å². The Bertz CT molecular complexity index is 386. The van der Waals surface area contributed by atoms with E-state index in [1.807, 2.05) is 0 Å². The SMILES string of the molecule is O=C(O)c1cc(Br)nc(Cl)c1C(F)F. The highest BCUT2D eigenvalue weighted by Crippen LogP contribution is 2.30. The molecule has 0 aliphatic carbocycles. The van der Waals surface area contributed by atoms with E-state index in [9.17, 15) is 13.6 Å². The Morgan fingerprint density at radius 3 is 2.64 bits per heavy atom. The minimum atomic E-state index is -2.96. The van der Waals surface area contributed by atoms with E-state index < -0.39 is 28.7 Å². The van der Waals surface area contributed by atoms with Crippen LogP contribution in [-0.2, 0) is 0 Å². The summed E-state index contributed by atoms with van der Waals surface area (Å²) in [7, 11) is 0. The number of carbonyl (C=O) groups is 1. The molecular formula is C7H3BrClF2NO2. The fourth-order valence-electron chi connectivity index (χ4n) is 0.879. The molecule has 0 spiro atoms. The van der Waals surface area contributed by atoms with Gasteiger partial charge < -0.3 is 5.11 Å². The number of hydrogen-bond acceptors (Lipinski definition) is 2. The van der Waals surface area contributed by atoms with Crippen LogP contribution in [0.3, 0.4) is 0 Å². The average molecular weight is 286 g/mol. The minimum Gasteiger partial charge on any atom is -0.478 e. The van der Waals surface area contributed by atoms with Crippen molar-refractivity contribution in [3.8, 4) is 0 Å².